The molecule has 0 amide bonds. The number of carboxylic acids is 1. The lowest BCUT2D eigenvalue weighted by Crippen LogP contribution is -2.41. The van der Waals surface area contributed by atoms with E-state index in [2.05, 4.69) is 19.2 Å². The Labute approximate surface area is 201 Å². The summed E-state index contributed by atoms with van der Waals surface area (Å²) in [6.45, 7) is 6.78. The van der Waals surface area contributed by atoms with Crippen LogP contribution in [0.1, 0.15) is 42.3 Å². The van der Waals surface area contributed by atoms with Crippen molar-refractivity contribution in [2.24, 2.45) is 5.92 Å². The molecule has 0 aliphatic rings. The topological polar surface area (TPSA) is 78.8 Å². The van der Waals surface area contributed by atoms with E-state index < -0.39 is 11.7 Å². The van der Waals surface area contributed by atoms with Gasteiger partial charge in [0.25, 0.3) is 0 Å². The van der Waals surface area contributed by atoms with Crippen LogP contribution < -0.4 is 10.1 Å². The zero-order valence-electron chi connectivity index (χ0n) is 19.2. The third-order valence-electron chi connectivity index (χ3n) is 5.33. The Morgan fingerprint density at radius 3 is 2.24 bits per heavy atom. The average molecular weight is 470 g/mol. The summed E-state index contributed by atoms with van der Waals surface area (Å²) in [5, 5.41) is 23.1. The Morgan fingerprint density at radius 2 is 1.64 bits per heavy atom. The molecular weight excluding hydrogens is 438 g/mol. The molecule has 0 aliphatic heterocycles. The summed E-state index contributed by atoms with van der Waals surface area (Å²) < 4.78 is 5.80. The first kappa shape index (κ1) is 26.4. The van der Waals surface area contributed by atoms with Gasteiger partial charge >= 0.3 is 5.97 Å². The molecule has 33 heavy (non-hydrogen) atoms. The van der Waals surface area contributed by atoms with Crippen molar-refractivity contribution in [2.45, 2.75) is 32.9 Å². The zero-order valence-corrected chi connectivity index (χ0v) is 20.1. The van der Waals surface area contributed by atoms with Gasteiger partial charge < -0.3 is 14.9 Å². The third kappa shape index (κ3) is 7.32. The third-order valence-corrected chi connectivity index (χ3v) is 5.33. The predicted octanol–water partition coefficient (Wildman–Crippen LogP) is 5.51. The lowest BCUT2D eigenvalue weighted by Gasteiger charge is -2.25. The zero-order chi connectivity index (χ0) is 23.1. The Hall–Kier alpha value is -2.86. The number of nitrogens with one attached hydrogen (secondary N) is 1. The van der Waals surface area contributed by atoms with E-state index in [0.717, 1.165) is 34.4 Å². The highest BCUT2D eigenvalue weighted by molar-refractivity contribution is 5.90. The number of aromatic carboxylic acids is 1. The summed E-state index contributed by atoms with van der Waals surface area (Å²) in [5.74, 6) is 0.214. The van der Waals surface area contributed by atoms with Crippen molar-refractivity contribution >= 4 is 18.4 Å². The van der Waals surface area contributed by atoms with E-state index in [1.807, 2.05) is 66.7 Å². The lowest BCUT2D eigenvalue weighted by atomic mass is 9.93. The van der Waals surface area contributed by atoms with Crippen LogP contribution in [0.25, 0.3) is 11.1 Å². The van der Waals surface area contributed by atoms with Gasteiger partial charge in [-0.25, -0.2) is 4.79 Å². The molecule has 5 nitrogen and oxygen atoms in total. The first-order valence-corrected chi connectivity index (χ1v) is 10.9. The molecule has 0 fully saturated rings. The molecule has 3 N–H and O–H groups in total. The summed E-state index contributed by atoms with van der Waals surface area (Å²) in [6.07, 6.45) is 0.719. The number of hydrogen-bond acceptors (Lipinski definition) is 4. The average Bonchev–Trinajstić information content (AvgIpc) is 2.77. The quantitative estimate of drug-likeness (QED) is 0.269. The van der Waals surface area contributed by atoms with Gasteiger partial charge in [0, 0.05) is 6.54 Å². The van der Waals surface area contributed by atoms with E-state index in [0.29, 0.717) is 24.6 Å². The maximum atomic E-state index is 11.5. The van der Waals surface area contributed by atoms with Crippen molar-refractivity contribution in [3.05, 3.63) is 89.5 Å². The molecule has 3 aromatic carbocycles. The largest absolute Gasteiger partial charge is 0.492 e. The SMILES string of the molecule is CC(C)Cc1cc(-c2ccc(OCCN[C@@](C)(O)c3ccccc3)cc2)ccc1C(=O)O.Cl. The van der Waals surface area contributed by atoms with Crippen LogP contribution in [-0.2, 0) is 12.1 Å². The maximum absolute atomic E-state index is 11.5. The van der Waals surface area contributed by atoms with Crippen molar-refractivity contribution in [2.75, 3.05) is 13.2 Å². The number of carbonyl (C=O) groups is 1. The molecule has 3 aromatic rings. The highest BCUT2D eigenvalue weighted by Gasteiger charge is 2.21. The normalized spacial score (nSPS) is 12.6. The molecule has 0 unspecified atom stereocenters. The van der Waals surface area contributed by atoms with Crippen LogP contribution >= 0.6 is 12.4 Å². The summed E-state index contributed by atoms with van der Waals surface area (Å²) in [4.78, 5) is 11.5. The molecule has 176 valence electrons. The van der Waals surface area contributed by atoms with E-state index in [1.165, 1.54) is 0 Å². The fourth-order valence-electron chi connectivity index (χ4n) is 3.66. The monoisotopic (exact) mass is 469 g/mol. The summed E-state index contributed by atoms with van der Waals surface area (Å²) in [5.41, 5.74) is 2.88. The second-order valence-corrected chi connectivity index (χ2v) is 8.51. The fourth-order valence-corrected chi connectivity index (χ4v) is 3.66. The van der Waals surface area contributed by atoms with Crippen molar-refractivity contribution in [1.29, 1.82) is 0 Å². The molecule has 0 heterocycles. The van der Waals surface area contributed by atoms with Crippen LogP contribution in [0.15, 0.2) is 72.8 Å². The van der Waals surface area contributed by atoms with Crippen LogP contribution in [0.5, 0.6) is 5.75 Å². The minimum atomic E-state index is -1.12. The van der Waals surface area contributed by atoms with E-state index >= 15 is 0 Å². The highest BCUT2D eigenvalue weighted by Crippen LogP contribution is 2.26. The van der Waals surface area contributed by atoms with Crippen molar-refractivity contribution in [3.8, 4) is 16.9 Å². The van der Waals surface area contributed by atoms with Crippen LogP contribution in [0.4, 0.5) is 0 Å². The van der Waals surface area contributed by atoms with Gasteiger partial charge in [-0.3, -0.25) is 5.32 Å². The molecule has 0 bridgehead atoms. The van der Waals surface area contributed by atoms with Crippen molar-refractivity contribution in [1.82, 2.24) is 5.32 Å². The second-order valence-electron chi connectivity index (χ2n) is 8.51. The maximum Gasteiger partial charge on any atom is 0.335 e. The Morgan fingerprint density at radius 1 is 1.00 bits per heavy atom. The molecule has 0 saturated heterocycles. The van der Waals surface area contributed by atoms with Gasteiger partial charge in [0.1, 0.15) is 18.1 Å². The lowest BCUT2D eigenvalue weighted by molar-refractivity contribution is 0.0169. The molecule has 0 aliphatic carbocycles. The van der Waals surface area contributed by atoms with Crippen molar-refractivity contribution < 1.29 is 19.7 Å². The number of carboxylic acid groups (broad SMARTS) is 1. The van der Waals surface area contributed by atoms with Crippen LogP contribution in [0.2, 0.25) is 0 Å². The molecule has 0 spiro atoms. The Balaban J connectivity index is 0.00000385. The predicted molar refractivity (Wildman–Crippen MR) is 134 cm³/mol. The van der Waals surface area contributed by atoms with Gasteiger partial charge in [-0.1, -0.05) is 68.4 Å². The minimum Gasteiger partial charge on any atom is -0.492 e. The minimum absolute atomic E-state index is 0. The summed E-state index contributed by atoms with van der Waals surface area (Å²) >= 11 is 0. The molecule has 0 aromatic heterocycles. The molecular formula is C27H32ClNO4. The molecule has 0 radical (unpaired) electrons. The van der Waals surface area contributed by atoms with E-state index in [9.17, 15) is 15.0 Å². The smallest absolute Gasteiger partial charge is 0.335 e. The van der Waals surface area contributed by atoms with Gasteiger partial charge in [-0.05, 0) is 59.7 Å². The summed E-state index contributed by atoms with van der Waals surface area (Å²) in [7, 11) is 0. The highest BCUT2D eigenvalue weighted by atomic mass is 35.5. The van der Waals surface area contributed by atoms with Crippen LogP contribution in [0.3, 0.4) is 0 Å². The van der Waals surface area contributed by atoms with Gasteiger partial charge in [-0.15, -0.1) is 12.4 Å². The van der Waals surface area contributed by atoms with Crippen molar-refractivity contribution in [3.63, 3.8) is 0 Å². The Kier molecular flexibility index (Phi) is 9.47. The number of hydrogen-bond donors (Lipinski definition) is 3. The number of ether oxygens (including phenoxy) is 1. The van der Waals surface area contributed by atoms with Gasteiger partial charge in [0.2, 0.25) is 0 Å². The van der Waals surface area contributed by atoms with E-state index in [4.69, 9.17) is 4.74 Å². The van der Waals surface area contributed by atoms with Gasteiger partial charge in [-0.2, -0.15) is 0 Å². The number of halogens is 1. The second kappa shape index (κ2) is 11.8. The number of benzene rings is 3. The summed E-state index contributed by atoms with van der Waals surface area (Å²) in [6, 6.07) is 22.7. The van der Waals surface area contributed by atoms with Crippen LogP contribution in [-0.4, -0.2) is 29.3 Å². The molecule has 1 atom stereocenters. The van der Waals surface area contributed by atoms with Gasteiger partial charge in [0.05, 0.1) is 5.56 Å². The number of rotatable bonds is 10. The molecule has 6 heteroatoms. The Bertz CT molecular complexity index is 1030. The van der Waals surface area contributed by atoms with E-state index in [1.54, 1.807) is 13.0 Å². The molecule has 3 rings (SSSR count). The van der Waals surface area contributed by atoms with Gasteiger partial charge in [0.15, 0.2) is 0 Å². The number of aliphatic hydroxyl groups is 1. The standard InChI is InChI=1S/C27H31NO4.ClH/c1-19(2)17-22-18-21(11-14-25(22)26(29)30)20-9-12-24(13-10-20)32-16-15-28-27(3,31)23-7-5-4-6-8-23;/h4-14,18-19,28,31H,15-17H2,1-3H3,(H,29,30);1H/t27-;/m0./s1. The molecule has 0 saturated carbocycles. The first-order valence-electron chi connectivity index (χ1n) is 10.9. The fraction of sp³-hybridized carbons (Fsp3) is 0.296. The van der Waals surface area contributed by atoms with E-state index in [-0.39, 0.29) is 12.4 Å². The first-order chi connectivity index (χ1) is 15.3. The van der Waals surface area contributed by atoms with Crippen LogP contribution in [0, 0.1) is 5.92 Å².